The first kappa shape index (κ1) is 7.50. The molecule has 0 saturated carbocycles. The van der Waals surface area contributed by atoms with Crippen molar-refractivity contribution in [2.75, 3.05) is 26.8 Å². The third kappa shape index (κ3) is 1.97. The minimum Gasteiger partial charge on any atom is -0.378 e. The molecule has 1 amide bonds. The third-order valence-electron chi connectivity index (χ3n) is 1.47. The van der Waals surface area contributed by atoms with Crippen LogP contribution in [0, 0.1) is 0 Å². The number of carbonyl (C=O) groups is 1. The first-order chi connectivity index (χ1) is 4.83. The van der Waals surface area contributed by atoms with Crippen molar-refractivity contribution in [3.63, 3.8) is 0 Å². The molecule has 1 saturated heterocycles. The number of rotatable bonds is 3. The SMILES string of the molecule is CNC(=O)CNC1COC1. The van der Waals surface area contributed by atoms with Gasteiger partial charge in [0.1, 0.15) is 0 Å². The van der Waals surface area contributed by atoms with Crippen LogP contribution in [0.25, 0.3) is 0 Å². The fourth-order valence-electron chi connectivity index (χ4n) is 0.679. The molecule has 0 aromatic heterocycles. The topological polar surface area (TPSA) is 50.4 Å². The first-order valence-corrected chi connectivity index (χ1v) is 3.34. The number of nitrogens with one attached hydrogen (secondary N) is 2. The zero-order valence-corrected chi connectivity index (χ0v) is 6.02. The van der Waals surface area contributed by atoms with Crippen molar-refractivity contribution in [3.8, 4) is 0 Å². The number of carbonyl (C=O) groups excluding carboxylic acids is 1. The van der Waals surface area contributed by atoms with Gasteiger partial charge in [-0.25, -0.2) is 0 Å². The average molecular weight is 144 g/mol. The summed E-state index contributed by atoms with van der Waals surface area (Å²) in [6.07, 6.45) is 0. The van der Waals surface area contributed by atoms with Gasteiger partial charge in [0.25, 0.3) is 0 Å². The lowest BCUT2D eigenvalue weighted by atomic mass is 10.2. The zero-order chi connectivity index (χ0) is 7.40. The smallest absolute Gasteiger partial charge is 0.233 e. The Hall–Kier alpha value is -0.610. The number of amides is 1. The fraction of sp³-hybridized carbons (Fsp3) is 0.833. The molecule has 0 spiro atoms. The van der Waals surface area contributed by atoms with Gasteiger partial charge in [0.05, 0.1) is 25.8 Å². The molecule has 4 nitrogen and oxygen atoms in total. The Morgan fingerprint density at radius 2 is 2.40 bits per heavy atom. The van der Waals surface area contributed by atoms with Gasteiger partial charge < -0.3 is 15.4 Å². The van der Waals surface area contributed by atoms with Gasteiger partial charge in [-0.3, -0.25) is 4.79 Å². The van der Waals surface area contributed by atoms with Gasteiger partial charge in [-0.1, -0.05) is 0 Å². The molecule has 1 rings (SSSR count). The summed E-state index contributed by atoms with van der Waals surface area (Å²) in [4.78, 5) is 10.6. The Bertz CT molecular complexity index is 123. The quantitative estimate of drug-likeness (QED) is 0.519. The summed E-state index contributed by atoms with van der Waals surface area (Å²) in [5, 5.41) is 5.56. The van der Waals surface area contributed by atoms with Crippen LogP contribution < -0.4 is 10.6 Å². The molecule has 1 heterocycles. The molecule has 0 aromatic rings. The number of ether oxygens (including phenoxy) is 1. The summed E-state index contributed by atoms with van der Waals surface area (Å²) in [6, 6.07) is 0.386. The molecule has 2 N–H and O–H groups in total. The lowest BCUT2D eigenvalue weighted by molar-refractivity contribution is -0.120. The standard InChI is InChI=1S/C6H12N2O2/c1-7-6(9)2-8-5-3-10-4-5/h5,8H,2-4H2,1H3,(H,7,9). The molecule has 0 aliphatic carbocycles. The summed E-state index contributed by atoms with van der Waals surface area (Å²) in [5.74, 6) is 0.0203. The van der Waals surface area contributed by atoms with E-state index in [0.717, 1.165) is 13.2 Å². The van der Waals surface area contributed by atoms with E-state index in [1.807, 2.05) is 0 Å². The van der Waals surface area contributed by atoms with Crippen LogP contribution in [0.15, 0.2) is 0 Å². The largest absolute Gasteiger partial charge is 0.378 e. The van der Waals surface area contributed by atoms with E-state index in [4.69, 9.17) is 4.74 Å². The van der Waals surface area contributed by atoms with Gasteiger partial charge in [-0.05, 0) is 0 Å². The molecule has 10 heavy (non-hydrogen) atoms. The fourth-order valence-corrected chi connectivity index (χ4v) is 0.679. The van der Waals surface area contributed by atoms with Gasteiger partial charge in [0.2, 0.25) is 5.91 Å². The van der Waals surface area contributed by atoms with E-state index in [9.17, 15) is 4.79 Å². The van der Waals surface area contributed by atoms with Crippen molar-refractivity contribution in [1.82, 2.24) is 10.6 Å². The molecule has 1 fully saturated rings. The first-order valence-electron chi connectivity index (χ1n) is 3.34. The van der Waals surface area contributed by atoms with Gasteiger partial charge in [0, 0.05) is 7.05 Å². The van der Waals surface area contributed by atoms with Crippen molar-refractivity contribution in [2.45, 2.75) is 6.04 Å². The minimum atomic E-state index is 0.0203. The Balaban J connectivity index is 1.98. The van der Waals surface area contributed by atoms with Crippen LogP contribution in [0.3, 0.4) is 0 Å². The van der Waals surface area contributed by atoms with E-state index in [1.54, 1.807) is 7.05 Å². The van der Waals surface area contributed by atoms with Crippen LogP contribution in [0.5, 0.6) is 0 Å². The second kappa shape index (κ2) is 3.53. The second-order valence-corrected chi connectivity index (χ2v) is 2.29. The van der Waals surface area contributed by atoms with E-state index in [1.165, 1.54) is 0 Å². The molecule has 0 bridgehead atoms. The van der Waals surface area contributed by atoms with Gasteiger partial charge in [0.15, 0.2) is 0 Å². The lowest BCUT2D eigenvalue weighted by Gasteiger charge is -2.26. The molecule has 1 aliphatic heterocycles. The molecule has 58 valence electrons. The van der Waals surface area contributed by atoms with Gasteiger partial charge in [-0.2, -0.15) is 0 Å². The normalized spacial score (nSPS) is 18.1. The maximum atomic E-state index is 10.6. The average Bonchev–Trinajstić information content (AvgIpc) is 1.84. The highest BCUT2D eigenvalue weighted by atomic mass is 16.5. The minimum absolute atomic E-state index is 0.0203. The maximum Gasteiger partial charge on any atom is 0.233 e. The van der Waals surface area contributed by atoms with Crippen LogP contribution in [-0.2, 0) is 9.53 Å². The molecular weight excluding hydrogens is 132 g/mol. The molecule has 4 heteroatoms. The summed E-state index contributed by atoms with van der Waals surface area (Å²) >= 11 is 0. The summed E-state index contributed by atoms with van der Waals surface area (Å²) in [5.41, 5.74) is 0. The summed E-state index contributed by atoms with van der Waals surface area (Å²) < 4.78 is 4.91. The van der Waals surface area contributed by atoms with Crippen LogP contribution in [0.4, 0.5) is 0 Å². The van der Waals surface area contributed by atoms with E-state index in [-0.39, 0.29) is 5.91 Å². The molecule has 0 atom stereocenters. The van der Waals surface area contributed by atoms with Crippen molar-refractivity contribution < 1.29 is 9.53 Å². The Labute approximate surface area is 59.9 Å². The van der Waals surface area contributed by atoms with Gasteiger partial charge in [-0.15, -0.1) is 0 Å². The number of hydrogen-bond acceptors (Lipinski definition) is 3. The van der Waals surface area contributed by atoms with Crippen LogP contribution in [-0.4, -0.2) is 38.8 Å². The van der Waals surface area contributed by atoms with Crippen LogP contribution in [0.2, 0.25) is 0 Å². The predicted octanol–water partition coefficient (Wildman–Crippen LogP) is -1.28. The molecule has 1 aliphatic rings. The molecule has 0 aromatic carbocycles. The zero-order valence-electron chi connectivity index (χ0n) is 6.02. The molecular formula is C6H12N2O2. The number of hydrogen-bond donors (Lipinski definition) is 2. The van der Waals surface area contributed by atoms with E-state index in [0.29, 0.717) is 12.6 Å². The summed E-state index contributed by atoms with van der Waals surface area (Å²) in [7, 11) is 1.63. The Morgan fingerprint density at radius 3 is 2.80 bits per heavy atom. The van der Waals surface area contributed by atoms with Crippen molar-refractivity contribution in [3.05, 3.63) is 0 Å². The maximum absolute atomic E-state index is 10.6. The monoisotopic (exact) mass is 144 g/mol. The third-order valence-corrected chi connectivity index (χ3v) is 1.47. The Morgan fingerprint density at radius 1 is 1.70 bits per heavy atom. The van der Waals surface area contributed by atoms with Crippen LogP contribution >= 0.6 is 0 Å². The van der Waals surface area contributed by atoms with E-state index in [2.05, 4.69) is 10.6 Å². The van der Waals surface area contributed by atoms with Gasteiger partial charge >= 0.3 is 0 Å². The molecule has 0 unspecified atom stereocenters. The van der Waals surface area contributed by atoms with E-state index < -0.39 is 0 Å². The molecule has 0 radical (unpaired) electrons. The number of likely N-dealkylation sites (N-methyl/N-ethyl adjacent to an activating group) is 1. The van der Waals surface area contributed by atoms with E-state index >= 15 is 0 Å². The van der Waals surface area contributed by atoms with Crippen molar-refractivity contribution in [1.29, 1.82) is 0 Å². The highest BCUT2D eigenvalue weighted by Crippen LogP contribution is 1.97. The second-order valence-electron chi connectivity index (χ2n) is 2.29. The highest BCUT2D eigenvalue weighted by Gasteiger charge is 2.17. The highest BCUT2D eigenvalue weighted by molar-refractivity contribution is 5.77. The Kier molecular flexibility index (Phi) is 2.65. The lowest BCUT2D eigenvalue weighted by Crippen LogP contribution is -2.49. The van der Waals surface area contributed by atoms with Crippen molar-refractivity contribution in [2.24, 2.45) is 0 Å². The van der Waals surface area contributed by atoms with Crippen molar-refractivity contribution >= 4 is 5.91 Å². The summed E-state index contributed by atoms with van der Waals surface area (Å²) in [6.45, 7) is 1.86. The predicted molar refractivity (Wildman–Crippen MR) is 36.7 cm³/mol. The van der Waals surface area contributed by atoms with Crippen LogP contribution in [0.1, 0.15) is 0 Å².